The van der Waals surface area contributed by atoms with Gasteiger partial charge in [-0.3, -0.25) is 4.79 Å². The molecule has 0 spiro atoms. The lowest BCUT2D eigenvalue weighted by molar-refractivity contribution is -0.137. The van der Waals surface area contributed by atoms with Crippen LogP contribution in [0.25, 0.3) is 33.5 Å². The molecule has 1 aromatic heterocycles. The molecule has 4 aromatic rings. The minimum absolute atomic E-state index is 0.0398. The normalized spacial score (nSPS) is 12.8. The van der Waals surface area contributed by atoms with Gasteiger partial charge in [-0.25, -0.2) is 4.98 Å². The van der Waals surface area contributed by atoms with Crippen molar-refractivity contribution in [1.82, 2.24) is 14.9 Å². The number of anilines is 1. The first-order valence-electron chi connectivity index (χ1n) is 10.8. The number of alkyl halides is 3. The number of aromatic amines is 1. The number of hydrogen-bond donors (Lipinski definition) is 2. The number of imidazole rings is 1. The van der Waals surface area contributed by atoms with Crippen LogP contribution >= 0.6 is 0 Å². The van der Waals surface area contributed by atoms with E-state index >= 15 is 0 Å². The first-order valence-corrected chi connectivity index (χ1v) is 10.8. The lowest BCUT2D eigenvalue weighted by atomic mass is 10.0. The van der Waals surface area contributed by atoms with Gasteiger partial charge in [-0.2, -0.15) is 13.2 Å². The molecule has 2 N–H and O–H groups in total. The van der Waals surface area contributed by atoms with Gasteiger partial charge in [0.2, 0.25) is 5.91 Å². The molecule has 1 unspecified atom stereocenters. The molecule has 0 aliphatic heterocycles. The van der Waals surface area contributed by atoms with Crippen LogP contribution in [0.4, 0.5) is 18.9 Å². The Hall–Kier alpha value is -3.65. The molecule has 176 valence electrons. The van der Waals surface area contributed by atoms with Gasteiger partial charge in [0.05, 0.1) is 16.6 Å². The summed E-state index contributed by atoms with van der Waals surface area (Å²) in [6.45, 7) is 2.55. The van der Waals surface area contributed by atoms with Crippen LogP contribution in [0.5, 0.6) is 0 Å². The molecule has 0 saturated heterocycles. The van der Waals surface area contributed by atoms with Gasteiger partial charge in [0, 0.05) is 23.7 Å². The molecule has 3 aromatic carbocycles. The van der Waals surface area contributed by atoms with E-state index in [-0.39, 0.29) is 11.8 Å². The van der Waals surface area contributed by atoms with E-state index in [9.17, 15) is 18.0 Å². The Morgan fingerprint density at radius 2 is 1.71 bits per heavy atom. The molecule has 0 fully saturated rings. The highest BCUT2D eigenvalue weighted by Gasteiger charge is 2.30. The van der Waals surface area contributed by atoms with Gasteiger partial charge in [0.15, 0.2) is 0 Å². The second kappa shape index (κ2) is 9.30. The van der Waals surface area contributed by atoms with Gasteiger partial charge in [-0.1, -0.05) is 37.3 Å². The highest BCUT2D eigenvalue weighted by Crippen LogP contribution is 2.32. The van der Waals surface area contributed by atoms with Crippen molar-refractivity contribution in [2.24, 2.45) is 5.92 Å². The number of benzene rings is 3. The molecule has 34 heavy (non-hydrogen) atoms. The average Bonchev–Trinajstić information content (AvgIpc) is 3.22. The number of aromatic nitrogens is 2. The van der Waals surface area contributed by atoms with Gasteiger partial charge in [-0.05, 0) is 61.6 Å². The fourth-order valence-electron chi connectivity index (χ4n) is 3.81. The van der Waals surface area contributed by atoms with Gasteiger partial charge < -0.3 is 15.2 Å². The largest absolute Gasteiger partial charge is 0.416 e. The van der Waals surface area contributed by atoms with Crippen LogP contribution in [0, 0.1) is 5.92 Å². The third kappa shape index (κ3) is 5.28. The third-order valence-electron chi connectivity index (χ3n) is 5.52. The fraction of sp³-hybridized carbons (Fsp3) is 0.231. The number of rotatable bonds is 6. The van der Waals surface area contributed by atoms with Crippen molar-refractivity contribution < 1.29 is 18.0 Å². The molecule has 1 heterocycles. The monoisotopic (exact) mass is 466 g/mol. The smallest absolute Gasteiger partial charge is 0.338 e. The highest BCUT2D eigenvalue weighted by atomic mass is 19.4. The molecule has 0 radical (unpaired) electrons. The van der Waals surface area contributed by atoms with Gasteiger partial charge >= 0.3 is 6.18 Å². The number of halogens is 3. The molecule has 0 aliphatic carbocycles. The van der Waals surface area contributed by atoms with E-state index < -0.39 is 11.7 Å². The van der Waals surface area contributed by atoms with Gasteiger partial charge in [0.25, 0.3) is 0 Å². The van der Waals surface area contributed by atoms with Crippen molar-refractivity contribution in [3.63, 3.8) is 0 Å². The summed E-state index contributed by atoms with van der Waals surface area (Å²) in [7, 11) is 3.86. The van der Waals surface area contributed by atoms with Gasteiger partial charge in [0.1, 0.15) is 5.82 Å². The summed E-state index contributed by atoms with van der Waals surface area (Å²) in [6, 6.07) is 18.6. The van der Waals surface area contributed by atoms with Crippen molar-refractivity contribution in [2.75, 3.05) is 26.0 Å². The molecule has 1 amide bonds. The first-order chi connectivity index (χ1) is 16.1. The van der Waals surface area contributed by atoms with Crippen LogP contribution in [0.2, 0.25) is 0 Å². The number of hydrogen-bond acceptors (Lipinski definition) is 3. The molecule has 0 bridgehead atoms. The number of fused-ring (bicyclic) bond motifs is 1. The zero-order valence-corrected chi connectivity index (χ0v) is 19.1. The molecule has 0 aliphatic rings. The Morgan fingerprint density at radius 3 is 2.38 bits per heavy atom. The number of nitrogens with zero attached hydrogens (tertiary/aromatic N) is 2. The predicted molar refractivity (Wildman–Crippen MR) is 128 cm³/mol. The van der Waals surface area contributed by atoms with Crippen LogP contribution in [0.1, 0.15) is 12.5 Å². The first kappa shape index (κ1) is 23.5. The third-order valence-corrected chi connectivity index (χ3v) is 5.52. The molecule has 1 atom stereocenters. The maximum atomic E-state index is 13.0. The number of nitrogens with one attached hydrogen (secondary N) is 2. The Morgan fingerprint density at radius 1 is 1.00 bits per heavy atom. The van der Waals surface area contributed by atoms with E-state index in [2.05, 4.69) is 15.3 Å². The summed E-state index contributed by atoms with van der Waals surface area (Å²) < 4.78 is 39.0. The Bertz CT molecular complexity index is 1310. The Kier molecular flexibility index (Phi) is 6.43. The van der Waals surface area contributed by atoms with E-state index in [1.165, 1.54) is 6.07 Å². The fourth-order valence-corrected chi connectivity index (χ4v) is 3.81. The van der Waals surface area contributed by atoms with Crippen molar-refractivity contribution in [3.05, 3.63) is 72.3 Å². The topological polar surface area (TPSA) is 61.0 Å². The summed E-state index contributed by atoms with van der Waals surface area (Å²) in [6.07, 6.45) is -4.41. The minimum Gasteiger partial charge on any atom is -0.338 e. The van der Waals surface area contributed by atoms with E-state index in [1.807, 2.05) is 74.4 Å². The number of carbonyl (C=O) groups excluding carboxylic acids is 1. The molecule has 0 saturated carbocycles. The summed E-state index contributed by atoms with van der Waals surface area (Å²) in [4.78, 5) is 21.8. The van der Waals surface area contributed by atoms with Crippen molar-refractivity contribution in [3.8, 4) is 22.5 Å². The molecule has 8 heteroatoms. The highest BCUT2D eigenvalue weighted by molar-refractivity contribution is 5.92. The Labute approximate surface area is 195 Å². The summed E-state index contributed by atoms with van der Waals surface area (Å²) in [5, 5.41) is 2.93. The maximum absolute atomic E-state index is 13.0. The van der Waals surface area contributed by atoms with Crippen LogP contribution in [-0.4, -0.2) is 41.4 Å². The molecular weight excluding hydrogens is 441 g/mol. The van der Waals surface area contributed by atoms with E-state index in [0.29, 0.717) is 29.1 Å². The second-order valence-electron chi connectivity index (χ2n) is 8.63. The van der Waals surface area contributed by atoms with E-state index in [4.69, 9.17) is 0 Å². The zero-order valence-electron chi connectivity index (χ0n) is 19.1. The van der Waals surface area contributed by atoms with Gasteiger partial charge in [-0.15, -0.1) is 0 Å². The second-order valence-corrected chi connectivity index (χ2v) is 8.63. The number of H-pyrrole nitrogens is 1. The molecular formula is C26H25F3N4O. The summed E-state index contributed by atoms with van der Waals surface area (Å²) >= 11 is 0. The SMILES string of the molecule is CC(CN(C)C)C(=O)Nc1ccc(-c2cccc(-c3nc4ccc(C(F)(F)F)cc4[nH]3)c2)cc1. The number of carbonyl (C=O) groups is 1. The van der Waals surface area contributed by atoms with Crippen LogP contribution in [0.3, 0.4) is 0 Å². The van der Waals surface area contributed by atoms with Crippen molar-refractivity contribution in [2.45, 2.75) is 13.1 Å². The van der Waals surface area contributed by atoms with E-state index in [1.54, 1.807) is 0 Å². The summed E-state index contributed by atoms with van der Waals surface area (Å²) in [5.41, 5.74) is 3.43. The standard InChI is InChI=1S/C26H25F3N4O/c1-16(15-33(2)3)25(34)30-21-10-7-17(8-11-21)18-5-4-6-19(13-18)24-31-22-12-9-20(26(27,28)29)14-23(22)32-24/h4-14,16H,15H2,1-3H3,(H,30,34)(H,31,32). The van der Waals surface area contributed by atoms with Crippen molar-refractivity contribution >= 4 is 22.6 Å². The maximum Gasteiger partial charge on any atom is 0.416 e. The minimum atomic E-state index is -4.41. The molecule has 5 nitrogen and oxygen atoms in total. The average molecular weight is 467 g/mol. The van der Waals surface area contributed by atoms with Crippen LogP contribution in [0.15, 0.2) is 66.7 Å². The lowest BCUT2D eigenvalue weighted by Gasteiger charge is -2.16. The van der Waals surface area contributed by atoms with Crippen LogP contribution < -0.4 is 5.32 Å². The zero-order chi connectivity index (χ0) is 24.5. The molecule has 4 rings (SSSR count). The quantitative estimate of drug-likeness (QED) is 0.364. The Balaban J connectivity index is 1.54. The lowest BCUT2D eigenvalue weighted by Crippen LogP contribution is -2.29. The van der Waals surface area contributed by atoms with Crippen molar-refractivity contribution in [1.29, 1.82) is 0 Å². The number of amides is 1. The van der Waals surface area contributed by atoms with E-state index in [0.717, 1.165) is 28.8 Å². The predicted octanol–water partition coefficient (Wildman–Crippen LogP) is 6.05. The summed E-state index contributed by atoms with van der Waals surface area (Å²) in [5.74, 6) is 0.319. The van der Waals surface area contributed by atoms with Crippen LogP contribution in [-0.2, 0) is 11.0 Å².